The third-order valence-corrected chi connectivity index (χ3v) is 3.06. The largest absolute Gasteiger partial charge is 0.324 e. The molecule has 1 aromatic heterocycles. The third kappa shape index (κ3) is 2.58. The van der Waals surface area contributed by atoms with Gasteiger partial charge in [0.2, 0.25) is 5.91 Å². The monoisotopic (exact) mass is 252 g/mol. The van der Waals surface area contributed by atoms with Gasteiger partial charge in [-0.15, -0.1) is 0 Å². The number of aromatic nitrogens is 1. The minimum atomic E-state index is -0.271. The maximum absolute atomic E-state index is 11.8. The van der Waals surface area contributed by atoms with E-state index in [1.165, 1.54) is 10.6 Å². The molecular weight excluding hydrogens is 240 g/mol. The van der Waals surface area contributed by atoms with Crippen LogP contribution in [-0.2, 0) is 11.8 Å². The zero-order chi connectivity index (χ0) is 12.4. The summed E-state index contributed by atoms with van der Waals surface area (Å²) in [5, 5.41) is 2.88. The summed E-state index contributed by atoms with van der Waals surface area (Å²) in [7, 11) is 1.60. The van der Waals surface area contributed by atoms with Crippen molar-refractivity contribution in [1.82, 2.24) is 4.57 Å². The van der Waals surface area contributed by atoms with Gasteiger partial charge in [-0.3, -0.25) is 9.59 Å². The van der Waals surface area contributed by atoms with Crippen molar-refractivity contribution in [1.29, 1.82) is 0 Å². The molecule has 0 unspecified atom stereocenters. The number of halogens is 1. The van der Waals surface area contributed by atoms with Gasteiger partial charge < -0.3 is 9.88 Å². The first-order valence-electron chi connectivity index (χ1n) is 5.40. The molecular formula is C12H13ClN2O2. The molecule has 0 spiro atoms. The van der Waals surface area contributed by atoms with Crippen LogP contribution in [0.3, 0.4) is 0 Å². The van der Waals surface area contributed by atoms with E-state index in [9.17, 15) is 9.59 Å². The Morgan fingerprint density at radius 3 is 2.71 bits per heavy atom. The first kappa shape index (κ1) is 11.9. The maximum Gasteiger partial charge on any atom is 0.269 e. The lowest BCUT2D eigenvalue weighted by atomic mass is 10.1. The highest BCUT2D eigenvalue weighted by Crippen LogP contribution is 2.20. The Balaban J connectivity index is 2.13. The predicted octanol–water partition coefficient (Wildman–Crippen LogP) is 1.94. The molecule has 1 aliphatic carbocycles. The molecule has 1 aliphatic rings. The Labute approximate surface area is 104 Å². The molecule has 0 atom stereocenters. The van der Waals surface area contributed by atoms with Crippen LogP contribution >= 0.6 is 11.6 Å². The van der Waals surface area contributed by atoms with Gasteiger partial charge in [0.05, 0.1) is 5.69 Å². The number of amides is 1. The van der Waals surface area contributed by atoms with Crippen molar-refractivity contribution in [3.8, 4) is 0 Å². The number of nitrogens with zero attached hydrogens (tertiary/aromatic N) is 1. The normalized spacial score (nSPS) is 15.2. The van der Waals surface area contributed by atoms with E-state index < -0.39 is 0 Å². The molecule has 4 nitrogen and oxygen atoms in total. The summed E-state index contributed by atoms with van der Waals surface area (Å²) < 4.78 is 1.35. The highest BCUT2D eigenvalue weighted by atomic mass is 35.5. The van der Waals surface area contributed by atoms with Crippen LogP contribution in [0, 0.1) is 5.92 Å². The average Bonchev–Trinajstić information content (AvgIpc) is 2.79. The number of anilines is 1. The van der Waals surface area contributed by atoms with Crippen LogP contribution in [0.2, 0.25) is 5.02 Å². The number of nitrogens with one attached hydrogen (secondary N) is 1. The van der Waals surface area contributed by atoms with E-state index in [1.54, 1.807) is 13.2 Å². The molecule has 1 N–H and O–H groups in total. The molecule has 1 amide bonds. The molecule has 17 heavy (non-hydrogen) atoms. The van der Waals surface area contributed by atoms with Gasteiger partial charge in [-0.25, -0.2) is 0 Å². The van der Waals surface area contributed by atoms with Crippen LogP contribution in [0.1, 0.15) is 12.8 Å². The summed E-state index contributed by atoms with van der Waals surface area (Å²) in [4.78, 5) is 23.2. The van der Waals surface area contributed by atoms with Gasteiger partial charge in [-0.05, 0) is 18.9 Å². The van der Waals surface area contributed by atoms with Crippen molar-refractivity contribution in [3.05, 3.63) is 39.8 Å². The van der Waals surface area contributed by atoms with Crippen molar-refractivity contribution in [2.45, 2.75) is 12.8 Å². The van der Waals surface area contributed by atoms with Crippen molar-refractivity contribution < 1.29 is 4.79 Å². The van der Waals surface area contributed by atoms with Gasteiger partial charge in [0, 0.05) is 19.2 Å². The topological polar surface area (TPSA) is 51.1 Å². The molecule has 5 heteroatoms. The van der Waals surface area contributed by atoms with E-state index in [0.717, 1.165) is 12.8 Å². The second-order valence-corrected chi connectivity index (χ2v) is 4.53. The van der Waals surface area contributed by atoms with Gasteiger partial charge in [0.15, 0.2) is 0 Å². The summed E-state index contributed by atoms with van der Waals surface area (Å²) in [6.07, 6.45) is 7.10. The number of allylic oxidation sites excluding steroid dienone is 2. The van der Waals surface area contributed by atoms with Crippen LogP contribution < -0.4 is 10.9 Å². The van der Waals surface area contributed by atoms with Gasteiger partial charge in [0.1, 0.15) is 5.02 Å². The summed E-state index contributed by atoms with van der Waals surface area (Å²) in [6.45, 7) is 0. The van der Waals surface area contributed by atoms with Crippen molar-refractivity contribution >= 4 is 23.2 Å². The standard InChI is InChI=1S/C12H13ClN2O2/c1-15-7-9(6-10(13)12(15)17)14-11(16)8-4-2-3-5-8/h2-3,6-8H,4-5H2,1H3,(H,14,16). The predicted molar refractivity (Wildman–Crippen MR) is 67.2 cm³/mol. The molecule has 0 radical (unpaired) electrons. The number of pyridine rings is 1. The number of aryl methyl sites for hydroxylation is 1. The molecule has 90 valence electrons. The van der Waals surface area contributed by atoms with Crippen LogP contribution in [0.15, 0.2) is 29.2 Å². The number of rotatable bonds is 2. The molecule has 0 aromatic carbocycles. The lowest BCUT2D eigenvalue weighted by Crippen LogP contribution is -2.23. The first-order valence-corrected chi connectivity index (χ1v) is 5.78. The quantitative estimate of drug-likeness (QED) is 0.818. The zero-order valence-corrected chi connectivity index (χ0v) is 10.2. The highest BCUT2D eigenvalue weighted by molar-refractivity contribution is 6.30. The summed E-state index contributed by atoms with van der Waals surface area (Å²) in [5.41, 5.74) is 0.279. The minimum Gasteiger partial charge on any atom is -0.324 e. The second-order valence-electron chi connectivity index (χ2n) is 4.12. The molecule has 0 bridgehead atoms. The highest BCUT2D eigenvalue weighted by Gasteiger charge is 2.19. The van der Waals surface area contributed by atoms with Gasteiger partial charge in [-0.1, -0.05) is 23.8 Å². The Hall–Kier alpha value is -1.55. The molecule has 0 aliphatic heterocycles. The van der Waals surface area contributed by atoms with E-state index in [-0.39, 0.29) is 22.4 Å². The van der Waals surface area contributed by atoms with Crippen LogP contribution in [0.4, 0.5) is 5.69 Å². The lowest BCUT2D eigenvalue weighted by Gasteiger charge is -2.11. The second kappa shape index (κ2) is 4.75. The Morgan fingerprint density at radius 2 is 2.12 bits per heavy atom. The minimum absolute atomic E-state index is 0.00832. The number of hydrogen-bond acceptors (Lipinski definition) is 2. The molecule has 0 saturated heterocycles. The van der Waals surface area contributed by atoms with Crippen LogP contribution in [0.25, 0.3) is 0 Å². The van der Waals surface area contributed by atoms with E-state index in [0.29, 0.717) is 5.69 Å². The summed E-state index contributed by atoms with van der Waals surface area (Å²) in [6, 6.07) is 1.48. The van der Waals surface area contributed by atoms with E-state index in [1.807, 2.05) is 12.2 Å². The van der Waals surface area contributed by atoms with E-state index >= 15 is 0 Å². The molecule has 0 fully saturated rings. The third-order valence-electron chi connectivity index (χ3n) is 2.79. The fourth-order valence-corrected chi connectivity index (χ4v) is 2.07. The fourth-order valence-electron chi connectivity index (χ4n) is 1.82. The Morgan fingerprint density at radius 1 is 1.47 bits per heavy atom. The van der Waals surface area contributed by atoms with Crippen molar-refractivity contribution in [2.24, 2.45) is 13.0 Å². The fraction of sp³-hybridized carbons (Fsp3) is 0.333. The smallest absolute Gasteiger partial charge is 0.269 e. The van der Waals surface area contributed by atoms with Gasteiger partial charge >= 0.3 is 0 Å². The van der Waals surface area contributed by atoms with E-state index in [4.69, 9.17) is 11.6 Å². The van der Waals surface area contributed by atoms with Crippen molar-refractivity contribution in [3.63, 3.8) is 0 Å². The maximum atomic E-state index is 11.8. The number of carbonyl (C=O) groups excluding carboxylic acids is 1. The molecule has 1 aromatic rings. The van der Waals surface area contributed by atoms with Crippen LogP contribution in [-0.4, -0.2) is 10.5 Å². The Kier molecular flexibility index (Phi) is 3.33. The molecule has 0 saturated carbocycles. The van der Waals surface area contributed by atoms with Gasteiger partial charge in [0.25, 0.3) is 5.56 Å². The Bertz CT molecular complexity index is 500. The average molecular weight is 253 g/mol. The number of carbonyl (C=O) groups is 1. The molecule has 2 rings (SSSR count). The summed E-state index contributed by atoms with van der Waals surface area (Å²) >= 11 is 5.77. The summed E-state index contributed by atoms with van der Waals surface area (Å²) in [5.74, 6) is -0.0456. The van der Waals surface area contributed by atoms with Crippen molar-refractivity contribution in [2.75, 3.05) is 5.32 Å². The van der Waals surface area contributed by atoms with Gasteiger partial charge in [-0.2, -0.15) is 0 Å². The first-order chi connectivity index (χ1) is 8.08. The lowest BCUT2D eigenvalue weighted by molar-refractivity contribution is -0.119. The SMILES string of the molecule is Cn1cc(NC(=O)C2CC=CC2)cc(Cl)c1=O. The zero-order valence-electron chi connectivity index (χ0n) is 9.44. The van der Waals surface area contributed by atoms with E-state index in [2.05, 4.69) is 5.32 Å². The molecule has 1 heterocycles. The number of hydrogen-bond donors (Lipinski definition) is 1. The van der Waals surface area contributed by atoms with Crippen LogP contribution in [0.5, 0.6) is 0 Å².